The summed E-state index contributed by atoms with van der Waals surface area (Å²) in [5.74, 6) is 0. The highest BCUT2D eigenvalue weighted by atomic mass is 79.9. The number of rotatable bonds is 6. The molecule has 0 bridgehead atoms. The van der Waals surface area contributed by atoms with Crippen molar-refractivity contribution < 1.29 is 8.42 Å². The van der Waals surface area contributed by atoms with E-state index < -0.39 is 9.84 Å². The summed E-state index contributed by atoms with van der Waals surface area (Å²) in [5.41, 5.74) is 0. The first-order valence-electron chi connectivity index (χ1n) is 4.82. The lowest BCUT2D eigenvalue weighted by Crippen LogP contribution is -1.99. The van der Waals surface area contributed by atoms with E-state index in [9.17, 15) is 8.42 Å². The van der Waals surface area contributed by atoms with Crippen LogP contribution in [0.3, 0.4) is 0 Å². The molecule has 0 fully saturated rings. The molecule has 0 saturated heterocycles. The second kappa shape index (κ2) is 5.65. The zero-order valence-corrected chi connectivity index (χ0v) is 11.1. The summed E-state index contributed by atoms with van der Waals surface area (Å²) < 4.78 is 24.0. The van der Waals surface area contributed by atoms with Crippen LogP contribution in [0.4, 0.5) is 0 Å². The molecule has 6 heteroatoms. The number of unbranched alkanes of at least 4 members (excludes halogenated alkanes) is 2. The first-order valence-corrected chi connectivity index (χ1v) is 7.84. The number of alkyl halides is 1. The normalized spacial score (nSPS) is 11.9. The molecule has 1 rings (SSSR count). The van der Waals surface area contributed by atoms with Gasteiger partial charge in [0.25, 0.3) is 0 Å². The van der Waals surface area contributed by atoms with E-state index in [0.717, 1.165) is 31.1 Å². The monoisotopic (exact) mass is 294 g/mol. The van der Waals surface area contributed by atoms with Crippen molar-refractivity contribution in [1.82, 2.24) is 9.78 Å². The predicted octanol–water partition coefficient (Wildman–Crippen LogP) is 1.85. The first kappa shape index (κ1) is 12.7. The molecular formula is C9H15BrN2O2S. The van der Waals surface area contributed by atoms with Gasteiger partial charge in [-0.15, -0.1) is 0 Å². The number of aryl methyl sites for hydroxylation is 1. The number of halogens is 1. The van der Waals surface area contributed by atoms with Gasteiger partial charge >= 0.3 is 0 Å². The lowest BCUT2D eigenvalue weighted by atomic mass is 10.2. The third kappa shape index (κ3) is 4.34. The molecule has 0 unspecified atom stereocenters. The van der Waals surface area contributed by atoms with E-state index in [0.29, 0.717) is 4.90 Å². The minimum atomic E-state index is -3.11. The number of aromatic nitrogens is 2. The van der Waals surface area contributed by atoms with Crippen molar-refractivity contribution in [3.8, 4) is 0 Å². The number of hydrogen-bond acceptors (Lipinski definition) is 3. The van der Waals surface area contributed by atoms with Gasteiger partial charge in [0.2, 0.25) is 0 Å². The molecule has 0 aliphatic heterocycles. The molecule has 0 aromatic carbocycles. The SMILES string of the molecule is CS(=O)(=O)c1cnn(CCCCCBr)c1. The molecule has 1 aromatic rings. The molecule has 1 heterocycles. The summed E-state index contributed by atoms with van der Waals surface area (Å²) >= 11 is 3.36. The molecule has 0 spiro atoms. The van der Waals surface area contributed by atoms with Crippen LogP contribution in [-0.4, -0.2) is 29.8 Å². The average molecular weight is 295 g/mol. The zero-order chi connectivity index (χ0) is 11.3. The number of nitrogens with zero attached hydrogens (tertiary/aromatic N) is 2. The Balaban J connectivity index is 2.47. The maximum atomic E-state index is 11.2. The molecule has 0 aliphatic carbocycles. The first-order chi connectivity index (χ1) is 7.04. The number of hydrogen-bond donors (Lipinski definition) is 0. The Morgan fingerprint density at radius 3 is 2.67 bits per heavy atom. The Morgan fingerprint density at radius 1 is 1.40 bits per heavy atom. The van der Waals surface area contributed by atoms with Gasteiger partial charge in [-0.2, -0.15) is 5.10 Å². The summed E-state index contributed by atoms with van der Waals surface area (Å²) in [5, 5.41) is 5.02. The molecule has 0 atom stereocenters. The van der Waals surface area contributed by atoms with E-state index in [-0.39, 0.29) is 0 Å². The fourth-order valence-corrected chi connectivity index (χ4v) is 2.15. The molecule has 0 N–H and O–H groups in total. The molecule has 0 radical (unpaired) electrons. The van der Waals surface area contributed by atoms with Gasteiger partial charge in [-0.1, -0.05) is 22.4 Å². The molecule has 1 aromatic heterocycles. The van der Waals surface area contributed by atoms with Crippen LogP contribution >= 0.6 is 15.9 Å². The van der Waals surface area contributed by atoms with Crippen molar-refractivity contribution in [3.63, 3.8) is 0 Å². The summed E-state index contributed by atoms with van der Waals surface area (Å²) in [6.45, 7) is 0.780. The highest BCUT2D eigenvalue weighted by Crippen LogP contribution is 2.07. The van der Waals surface area contributed by atoms with E-state index >= 15 is 0 Å². The van der Waals surface area contributed by atoms with E-state index in [1.807, 2.05) is 0 Å². The second-order valence-electron chi connectivity index (χ2n) is 3.46. The fraction of sp³-hybridized carbons (Fsp3) is 0.667. The van der Waals surface area contributed by atoms with Gasteiger partial charge in [-0.05, 0) is 12.8 Å². The van der Waals surface area contributed by atoms with Crippen molar-refractivity contribution in [2.24, 2.45) is 0 Å². The Bertz CT molecular complexity index is 400. The third-order valence-corrected chi connectivity index (χ3v) is 3.69. The lowest BCUT2D eigenvalue weighted by Gasteiger charge is -1.99. The minimum Gasteiger partial charge on any atom is -0.271 e. The summed E-state index contributed by atoms with van der Waals surface area (Å²) in [6.07, 6.45) is 7.47. The van der Waals surface area contributed by atoms with Crippen LogP contribution in [0.2, 0.25) is 0 Å². The highest BCUT2D eigenvalue weighted by molar-refractivity contribution is 9.09. The Kier molecular flexibility index (Phi) is 4.79. The van der Waals surface area contributed by atoms with Crippen LogP contribution in [0.25, 0.3) is 0 Å². The molecule has 4 nitrogen and oxygen atoms in total. The van der Waals surface area contributed by atoms with Gasteiger partial charge in [0.1, 0.15) is 4.90 Å². The quantitative estimate of drug-likeness (QED) is 0.594. The Hall–Kier alpha value is -0.360. The Labute approximate surface area is 98.7 Å². The van der Waals surface area contributed by atoms with Gasteiger partial charge < -0.3 is 0 Å². The van der Waals surface area contributed by atoms with Crippen LogP contribution in [0.1, 0.15) is 19.3 Å². The van der Waals surface area contributed by atoms with Crippen LogP contribution in [-0.2, 0) is 16.4 Å². The van der Waals surface area contributed by atoms with Gasteiger partial charge in [0.05, 0.1) is 6.20 Å². The smallest absolute Gasteiger partial charge is 0.178 e. The molecule has 0 saturated carbocycles. The zero-order valence-electron chi connectivity index (χ0n) is 8.69. The maximum absolute atomic E-state index is 11.2. The van der Waals surface area contributed by atoms with Crippen molar-refractivity contribution in [3.05, 3.63) is 12.4 Å². The predicted molar refractivity (Wildman–Crippen MR) is 63.0 cm³/mol. The Morgan fingerprint density at radius 2 is 2.13 bits per heavy atom. The molecule has 0 amide bonds. The van der Waals surface area contributed by atoms with Gasteiger partial charge in [0, 0.05) is 24.3 Å². The van der Waals surface area contributed by atoms with Crippen molar-refractivity contribution in [2.75, 3.05) is 11.6 Å². The second-order valence-corrected chi connectivity index (χ2v) is 6.27. The largest absolute Gasteiger partial charge is 0.271 e. The standard InChI is InChI=1S/C9H15BrN2O2S/c1-15(13,14)9-7-11-12(8-9)6-4-2-3-5-10/h7-8H,2-6H2,1H3. The van der Waals surface area contributed by atoms with Gasteiger partial charge in [-0.25, -0.2) is 8.42 Å². The van der Waals surface area contributed by atoms with E-state index in [1.165, 1.54) is 12.5 Å². The topological polar surface area (TPSA) is 52.0 Å². The summed E-state index contributed by atoms with van der Waals surface area (Å²) in [7, 11) is -3.11. The summed E-state index contributed by atoms with van der Waals surface area (Å²) in [4.78, 5) is 0.294. The summed E-state index contributed by atoms with van der Waals surface area (Å²) in [6, 6.07) is 0. The molecule has 86 valence electrons. The van der Waals surface area contributed by atoms with E-state index in [2.05, 4.69) is 21.0 Å². The van der Waals surface area contributed by atoms with Crippen LogP contribution in [0.5, 0.6) is 0 Å². The van der Waals surface area contributed by atoms with E-state index in [4.69, 9.17) is 0 Å². The van der Waals surface area contributed by atoms with Crippen LogP contribution in [0.15, 0.2) is 17.3 Å². The maximum Gasteiger partial charge on any atom is 0.178 e. The highest BCUT2D eigenvalue weighted by Gasteiger charge is 2.09. The average Bonchev–Trinajstić information content (AvgIpc) is 2.60. The molecular weight excluding hydrogens is 280 g/mol. The van der Waals surface area contributed by atoms with E-state index in [1.54, 1.807) is 10.9 Å². The van der Waals surface area contributed by atoms with Crippen molar-refractivity contribution in [2.45, 2.75) is 30.7 Å². The van der Waals surface area contributed by atoms with Gasteiger partial charge in [0.15, 0.2) is 9.84 Å². The van der Waals surface area contributed by atoms with Crippen molar-refractivity contribution in [1.29, 1.82) is 0 Å². The number of sulfone groups is 1. The lowest BCUT2D eigenvalue weighted by molar-refractivity contribution is 0.553. The fourth-order valence-electron chi connectivity index (χ4n) is 1.20. The molecule has 0 aliphatic rings. The minimum absolute atomic E-state index is 0.294. The van der Waals surface area contributed by atoms with Crippen LogP contribution < -0.4 is 0 Å². The van der Waals surface area contributed by atoms with Crippen molar-refractivity contribution >= 4 is 25.8 Å². The molecule has 15 heavy (non-hydrogen) atoms. The van der Waals surface area contributed by atoms with Gasteiger partial charge in [-0.3, -0.25) is 4.68 Å². The third-order valence-electron chi connectivity index (χ3n) is 2.06. The van der Waals surface area contributed by atoms with Crippen LogP contribution in [0, 0.1) is 0 Å².